The standard InChI is InChI=1S/C20H26FN3O2/c21-16-5-7-18(8-6-16)26-12-2-10-23-9-1-11-24-17(14-23)13-19(22-24)20(25)15-3-4-15/h5-8,13,15,20,25H,1-4,9-12,14H2. The summed E-state index contributed by atoms with van der Waals surface area (Å²) in [6.07, 6.45) is 3.81. The second-order valence-electron chi connectivity index (χ2n) is 7.35. The molecule has 2 aliphatic rings. The van der Waals surface area contributed by atoms with Gasteiger partial charge in [0.1, 0.15) is 17.7 Å². The van der Waals surface area contributed by atoms with Crippen molar-refractivity contribution >= 4 is 0 Å². The number of aliphatic hydroxyl groups excluding tert-OH is 1. The van der Waals surface area contributed by atoms with E-state index in [2.05, 4.69) is 20.7 Å². The lowest BCUT2D eigenvalue weighted by Crippen LogP contribution is -2.25. The van der Waals surface area contributed by atoms with E-state index in [1.54, 1.807) is 12.1 Å². The lowest BCUT2D eigenvalue weighted by molar-refractivity contribution is 0.148. The minimum Gasteiger partial charge on any atom is -0.494 e. The molecule has 1 saturated carbocycles. The van der Waals surface area contributed by atoms with Crippen molar-refractivity contribution in [1.82, 2.24) is 14.7 Å². The van der Waals surface area contributed by atoms with Crippen molar-refractivity contribution < 1.29 is 14.2 Å². The molecule has 1 aromatic carbocycles. The highest BCUT2D eigenvalue weighted by Crippen LogP contribution is 2.40. The van der Waals surface area contributed by atoms with Crippen LogP contribution in [0.25, 0.3) is 0 Å². The van der Waals surface area contributed by atoms with E-state index in [1.807, 2.05) is 0 Å². The van der Waals surface area contributed by atoms with Crippen LogP contribution in [0.3, 0.4) is 0 Å². The first kappa shape index (κ1) is 17.5. The Bertz CT molecular complexity index is 727. The largest absolute Gasteiger partial charge is 0.494 e. The van der Waals surface area contributed by atoms with Crippen LogP contribution in [-0.2, 0) is 13.1 Å². The fourth-order valence-electron chi connectivity index (χ4n) is 3.55. The van der Waals surface area contributed by atoms with Crippen molar-refractivity contribution in [2.45, 2.75) is 44.9 Å². The van der Waals surface area contributed by atoms with Gasteiger partial charge in [0.15, 0.2) is 0 Å². The number of fused-ring (bicyclic) bond motifs is 1. The molecule has 1 aliphatic heterocycles. The molecule has 4 rings (SSSR count). The van der Waals surface area contributed by atoms with Crippen LogP contribution < -0.4 is 4.74 Å². The highest BCUT2D eigenvalue weighted by atomic mass is 19.1. The van der Waals surface area contributed by atoms with Gasteiger partial charge in [0.05, 0.1) is 18.0 Å². The third-order valence-electron chi connectivity index (χ3n) is 5.18. The summed E-state index contributed by atoms with van der Waals surface area (Å²) in [5.41, 5.74) is 2.03. The number of ether oxygens (including phenoxy) is 1. The average molecular weight is 359 g/mol. The summed E-state index contributed by atoms with van der Waals surface area (Å²) in [5, 5.41) is 14.9. The van der Waals surface area contributed by atoms with E-state index in [0.29, 0.717) is 18.3 Å². The van der Waals surface area contributed by atoms with E-state index in [4.69, 9.17) is 4.74 Å². The van der Waals surface area contributed by atoms with Crippen LogP contribution in [0, 0.1) is 11.7 Å². The Morgan fingerprint density at radius 3 is 2.81 bits per heavy atom. The van der Waals surface area contributed by atoms with Crippen molar-refractivity contribution in [2.75, 3.05) is 19.7 Å². The van der Waals surface area contributed by atoms with Crippen LogP contribution in [0.4, 0.5) is 4.39 Å². The van der Waals surface area contributed by atoms with Gasteiger partial charge in [-0.3, -0.25) is 9.58 Å². The zero-order valence-electron chi connectivity index (χ0n) is 15.0. The Morgan fingerprint density at radius 1 is 1.23 bits per heavy atom. The Kier molecular flexibility index (Phi) is 5.22. The third kappa shape index (κ3) is 4.24. The topological polar surface area (TPSA) is 50.5 Å². The van der Waals surface area contributed by atoms with Crippen LogP contribution in [0.15, 0.2) is 30.3 Å². The number of aromatic nitrogens is 2. The van der Waals surface area contributed by atoms with Crippen LogP contribution in [0.1, 0.15) is 43.2 Å². The first-order valence-electron chi connectivity index (χ1n) is 9.54. The van der Waals surface area contributed by atoms with Gasteiger partial charge >= 0.3 is 0 Å². The average Bonchev–Trinajstić information content (AvgIpc) is 3.44. The number of aryl methyl sites for hydroxylation is 1. The molecule has 2 heterocycles. The molecule has 1 N–H and O–H groups in total. The monoisotopic (exact) mass is 359 g/mol. The Hall–Kier alpha value is -1.92. The van der Waals surface area contributed by atoms with Gasteiger partial charge in [-0.15, -0.1) is 0 Å². The molecule has 0 spiro atoms. The van der Waals surface area contributed by atoms with E-state index >= 15 is 0 Å². The zero-order chi connectivity index (χ0) is 17.9. The van der Waals surface area contributed by atoms with Gasteiger partial charge in [-0.05, 0) is 61.9 Å². The zero-order valence-corrected chi connectivity index (χ0v) is 15.0. The van der Waals surface area contributed by atoms with Gasteiger partial charge in [-0.25, -0.2) is 4.39 Å². The van der Waals surface area contributed by atoms with Crippen molar-refractivity contribution in [1.29, 1.82) is 0 Å². The molecule has 0 amide bonds. The van der Waals surface area contributed by atoms with E-state index < -0.39 is 6.10 Å². The molecule has 2 aromatic rings. The maximum Gasteiger partial charge on any atom is 0.123 e. The summed E-state index contributed by atoms with van der Waals surface area (Å²) < 4.78 is 20.6. The second-order valence-corrected chi connectivity index (χ2v) is 7.35. The first-order chi connectivity index (χ1) is 12.7. The smallest absolute Gasteiger partial charge is 0.123 e. The number of rotatable bonds is 7. The number of nitrogens with zero attached hydrogens (tertiary/aromatic N) is 3. The molecule has 1 aromatic heterocycles. The molecule has 0 radical (unpaired) electrons. The fourth-order valence-corrected chi connectivity index (χ4v) is 3.55. The van der Waals surface area contributed by atoms with Gasteiger partial charge in [0.25, 0.3) is 0 Å². The van der Waals surface area contributed by atoms with E-state index in [1.165, 1.54) is 17.8 Å². The summed E-state index contributed by atoms with van der Waals surface area (Å²) in [6.45, 7) is 4.39. The van der Waals surface area contributed by atoms with Gasteiger partial charge in [-0.1, -0.05) is 0 Å². The Morgan fingerprint density at radius 2 is 2.04 bits per heavy atom. The summed E-state index contributed by atoms with van der Waals surface area (Å²) in [7, 11) is 0. The Balaban J connectivity index is 1.27. The maximum absolute atomic E-state index is 12.9. The Labute approximate surface area is 153 Å². The molecular weight excluding hydrogens is 333 g/mol. The highest BCUT2D eigenvalue weighted by Gasteiger charge is 2.33. The number of aliphatic hydroxyl groups is 1. The van der Waals surface area contributed by atoms with Gasteiger partial charge in [0, 0.05) is 26.2 Å². The lowest BCUT2D eigenvalue weighted by atomic mass is 10.1. The molecule has 0 saturated heterocycles. The summed E-state index contributed by atoms with van der Waals surface area (Å²) in [5.74, 6) is 0.873. The minimum absolute atomic E-state index is 0.246. The van der Waals surface area contributed by atoms with Gasteiger partial charge in [-0.2, -0.15) is 5.10 Å². The third-order valence-corrected chi connectivity index (χ3v) is 5.18. The van der Waals surface area contributed by atoms with Crippen LogP contribution in [0.5, 0.6) is 5.75 Å². The quantitative estimate of drug-likeness (QED) is 0.772. The molecule has 1 aliphatic carbocycles. The molecule has 6 heteroatoms. The molecule has 26 heavy (non-hydrogen) atoms. The van der Waals surface area contributed by atoms with E-state index in [0.717, 1.165) is 57.6 Å². The maximum atomic E-state index is 12.9. The number of halogens is 1. The SMILES string of the molecule is OC(c1cc2n(n1)CCCN(CCCOc1ccc(F)cc1)C2)C1CC1. The van der Waals surface area contributed by atoms with Crippen LogP contribution in [0.2, 0.25) is 0 Å². The van der Waals surface area contributed by atoms with Gasteiger partial charge < -0.3 is 9.84 Å². The molecule has 1 unspecified atom stereocenters. The van der Waals surface area contributed by atoms with Crippen molar-refractivity contribution in [2.24, 2.45) is 5.92 Å². The number of hydrogen-bond donors (Lipinski definition) is 1. The molecule has 0 bridgehead atoms. The van der Waals surface area contributed by atoms with Crippen molar-refractivity contribution in [3.8, 4) is 5.75 Å². The lowest BCUT2D eigenvalue weighted by Gasteiger charge is -2.19. The van der Waals surface area contributed by atoms with Crippen molar-refractivity contribution in [3.05, 3.63) is 47.5 Å². The van der Waals surface area contributed by atoms with Gasteiger partial charge in [0.2, 0.25) is 0 Å². The van der Waals surface area contributed by atoms with Crippen molar-refractivity contribution in [3.63, 3.8) is 0 Å². The normalized spacial score (nSPS) is 19.0. The summed E-state index contributed by atoms with van der Waals surface area (Å²) in [6, 6.07) is 8.23. The van der Waals surface area contributed by atoms with Crippen LogP contribution >= 0.6 is 0 Å². The predicted molar refractivity (Wildman–Crippen MR) is 96.3 cm³/mol. The molecule has 1 atom stereocenters. The predicted octanol–water partition coefficient (Wildman–Crippen LogP) is 3.14. The molecule has 5 nitrogen and oxygen atoms in total. The number of benzene rings is 1. The first-order valence-corrected chi connectivity index (χ1v) is 9.54. The minimum atomic E-state index is -0.396. The summed E-state index contributed by atoms with van der Waals surface area (Å²) >= 11 is 0. The molecule has 140 valence electrons. The fraction of sp³-hybridized carbons (Fsp3) is 0.550. The van der Waals surface area contributed by atoms with E-state index in [9.17, 15) is 9.50 Å². The number of hydrogen-bond acceptors (Lipinski definition) is 4. The highest BCUT2D eigenvalue weighted by molar-refractivity contribution is 5.22. The van der Waals surface area contributed by atoms with Crippen LogP contribution in [-0.4, -0.2) is 39.5 Å². The molecular formula is C20H26FN3O2. The molecule has 1 fully saturated rings. The second kappa shape index (κ2) is 7.76. The summed E-state index contributed by atoms with van der Waals surface area (Å²) in [4.78, 5) is 2.42. The van der Waals surface area contributed by atoms with E-state index in [-0.39, 0.29) is 5.82 Å².